The molecule has 2 aromatic carbocycles. The number of rotatable bonds is 6. The molecule has 164 valence electrons. The van der Waals surface area contributed by atoms with Gasteiger partial charge in [-0.25, -0.2) is 8.42 Å². The van der Waals surface area contributed by atoms with Gasteiger partial charge in [0.05, 0.1) is 4.90 Å². The first-order valence-corrected chi connectivity index (χ1v) is 12.3. The zero-order valence-corrected chi connectivity index (χ0v) is 18.9. The van der Waals surface area contributed by atoms with Crippen molar-refractivity contribution in [1.29, 1.82) is 0 Å². The number of aromatic nitrogens is 1. The third-order valence-corrected chi connectivity index (χ3v) is 8.22. The van der Waals surface area contributed by atoms with Crippen LogP contribution in [0.1, 0.15) is 48.5 Å². The van der Waals surface area contributed by atoms with Crippen LogP contribution in [0.25, 0.3) is 10.9 Å². The van der Waals surface area contributed by atoms with Gasteiger partial charge in [0.15, 0.2) is 0 Å². The number of para-hydroxylation sites is 1. The van der Waals surface area contributed by atoms with Gasteiger partial charge in [-0.1, -0.05) is 18.2 Å². The van der Waals surface area contributed by atoms with Crippen LogP contribution in [0.2, 0.25) is 0 Å². The van der Waals surface area contributed by atoms with Crippen LogP contribution in [0.15, 0.2) is 59.6 Å². The molecule has 31 heavy (non-hydrogen) atoms. The van der Waals surface area contributed by atoms with E-state index in [0.29, 0.717) is 37.7 Å². The molecule has 0 saturated carbocycles. The summed E-state index contributed by atoms with van der Waals surface area (Å²) in [5.74, 6) is 0.269. The summed E-state index contributed by atoms with van der Waals surface area (Å²) in [5.41, 5.74) is 2.90. The van der Waals surface area contributed by atoms with E-state index in [0.717, 1.165) is 18.4 Å². The van der Waals surface area contributed by atoms with Crippen LogP contribution in [0.3, 0.4) is 0 Å². The maximum Gasteiger partial charge on any atom is 0.253 e. The molecule has 1 amide bonds. The molecule has 2 heterocycles. The van der Waals surface area contributed by atoms with Gasteiger partial charge in [0.1, 0.15) is 0 Å². The number of amides is 1. The van der Waals surface area contributed by atoms with E-state index in [1.165, 1.54) is 10.9 Å². The highest BCUT2D eigenvalue weighted by molar-refractivity contribution is 7.89. The molecular formula is C24H29N3O3S. The second kappa shape index (κ2) is 8.85. The Kier molecular flexibility index (Phi) is 6.16. The fourth-order valence-corrected chi connectivity index (χ4v) is 5.92. The number of hydrogen-bond acceptors (Lipinski definition) is 3. The van der Waals surface area contributed by atoms with Crippen LogP contribution in [0.5, 0.6) is 0 Å². The minimum absolute atomic E-state index is 0.0755. The number of piperidine rings is 1. The van der Waals surface area contributed by atoms with Crippen molar-refractivity contribution in [3.05, 3.63) is 65.9 Å². The molecule has 0 bridgehead atoms. The van der Waals surface area contributed by atoms with E-state index in [1.54, 1.807) is 33.5 Å². The quantitative estimate of drug-likeness (QED) is 0.625. The summed E-state index contributed by atoms with van der Waals surface area (Å²) in [4.78, 5) is 17.8. The molecule has 0 atom stereocenters. The summed E-state index contributed by atoms with van der Waals surface area (Å²) in [6, 6.07) is 14.6. The first-order valence-electron chi connectivity index (χ1n) is 10.9. The molecule has 1 saturated heterocycles. The van der Waals surface area contributed by atoms with Gasteiger partial charge in [0, 0.05) is 48.8 Å². The fourth-order valence-electron chi connectivity index (χ4n) is 4.45. The van der Waals surface area contributed by atoms with Crippen molar-refractivity contribution < 1.29 is 13.2 Å². The zero-order valence-electron chi connectivity index (χ0n) is 18.0. The molecule has 1 aromatic heterocycles. The van der Waals surface area contributed by atoms with Gasteiger partial charge < -0.3 is 9.88 Å². The lowest BCUT2D eigenvalue weighted by atomic mass is 9.90. The number of hydrogen-bond donors (Lipinski definition) is 1. The highest BCUT2D eigenvalue weighted by Gasteiger charge is 2.31. The third kappa shape index (κ3) is 4.12. The molecule has 0 unspecified atom stereocenters. The van der Waals surface area contributed by atoms with Gasteiger partial charge in [-0.15, -0.1) is 0 Å². The fraction of sp³-hybridized carbons (Fsp3) is 0.375. The van der Waals surface area contributed by atoms with Gasteiger partial charge >= 0.3 is 0 Å². The Morgan fingerprint density at radius 2 is 1.68 bits per heavy atom. The number of H-pyrrole nitrogens is 1. The van der Waals surface area contributed by atoms with Crippen molar-refractivity contribution in [3.63, 3.8) is 0 Å². The number of fused-ring (bicyclic) bond motifs is 1. The monoisotopic (exact) mass is 439 g/mol. The molecule has 4 rings (SSSR count). The number of aromatic amines is 1. The summed E-state index contributed by atoms with van der Waals surface area (Å²) in [6.07, 6.45) is 3.64. The molecule has 6 nitrogen and oxygen atoms in total. The summed E-state index contributed by atoms with van der Waals surface area (Å²) < 4.78 is 27.9. The lowest BCUT2D eigenvalue weighted by molar-refractivity contribution is 0.0773. The molecular weight excluding hydrogens is 410 g/mol. The summed E-state index contributed by atoms with van der Waals surface area (Å²) in [5, 5.41) is 1.22. The minimum atomic E-state index is -3.57. The lowest BCUT2D eigenvalue weighted by Gasteiger charge is -2.31. The normalized spacial score (nSPS) is 15.9. The molecule has 0 spiro atoms. The van der Waals surface area contributed by atoms with Crippen LogP contribution < -0.4 is 0 Å². The average Bonchev–Trinajstić information content (AvgIpc) is 3.24. The van der Waals surface area contributed by atoms with Crippen LogP contribution in [0, 0.1) is 0 Å². The van der Waals surface area contributed by atoms with Crippen molar-refractivity contribution >= 4 is 26.8 Å². The van der Waals surface area contributed by atoms with E-state index < -0.39 is 10.0 Å². The number of sulfonamides is 1. The maximum absolute atomic E-state index is 13.1. The molecule has 1 aliphatic rings. The van der Waals surface area contributed by atoms with Crippen molar-refractivity contribution in [3.8, 4) is 0 Å². The Labute approximate surface area is 183 Å². The van der Waals surface area contributed by atoms with E-state index in [1.807, 2.05) is 26.0 Å². The third-order valence-electron chi connectivity index (χ3n) is 6.30. The Morgan fingerprint density at radius 3 is 2.32 bits per heavy atom. The van der Waals surface area contributed by atoms with E-state index in [-0.39, 0.29) is 10.8 Å². The summed E-state index contributed by atoms with van der Waals surface area (Å²) >= 11 is 0. The van der Waals surface area contributed by atoms with E-state index in [2.05, 4.69) is 23.3 Å². The maximum atomic E-state index is 13.1. The number of carbonyl (C=O) groups is 1. The highest BCUT2D eigenvalue weighted by atomic mass is 32.2. The first kappa shape index (κ1) is 21.6. The van der Waals surface area contributed by atoms with Crippen molar-refractivity contribution in [2.24, 2.45) is 0 Å². The van der Waals surface area contributed by atoms with E-state index >= 15 is 0 Å². The Bertz CT molecular complexity index is 1160. The molecule has 1 fully saturated rings. The number of nitrogens with one attached hydrogen (secondary N) is 1. The smallest absolute Gasteiger partial charge is 0.253 e. The van der Waals surface area contributed by atoms with Crippen LogP contribution >= 0.6 is 0 Å². The molecule has 0 radical (unpaired) electrons. The second-order valence-corrected chi connectivity index (χ2v) is 9.91. The summed E-state index contributed by atoms with van der Waals surface area (Å²) in [6.45, 7) is 6.10. The van der Waals surface area contributed by atoms with Gasteiger partial charge in [-0.2, -0.15) is 4.31 Å². The topological polar surface area (TPSA) is 73.5 Å². The van der Waals surface area contributed by atoms with Gasteiger partial charge in [0.25, 0.3) is 5.91 Å². The number of carbonyl (C=O) groups excluding carboxylic acids is 1. The standard InChI is InChI=1S/C24H29N3O3S/c1-3-26(4-2)24(28)19-9-11-20(12-10-19)31(29,30)27-15-13-18(14-16-27)22-17-25-23-8-6-5-7-21(22)23/h5-12,17-18,25H,3-4,13-16H2,1-2H3. The van der Waals surface area contributed by atoms with Gasteiger partial charge in [-0.05, 0) is 68.5 Å². The van der Waals surface area contributed by atoms with Crippen LogP contribution in [0.4, 0.5) is 0 Å². The van der Waals surface area contributed by atoms with E-state index in [4.69, 9.17) is 0 Å². The summed E-state index contributed by atoms with van der Waals surface area (Å²) in [7, 11) is -3.57. The first-order chi connectivity index (χ1) is 15.0. The Morgan fingerprint density at radius 1 is 1.03 bits per heavy atom. The number of nitrogens with zero attached hydrogens (tertiary/aromatic N) is 2. The minimum Gasteiger partial charge on any atom is -0.361 e. The highest BCUT2D eigenvalue weighted by Crippen LogP contribution is 2.34. The van der Waals surface area contributed by atoms with Gasteiger partial charge in [-0.3, -0.25) is 4.79 Å². The SMILES string of the molecule is CCN(CC)C(=O)c1ccc(S(=O)(=O)N2CCC(c3c[nH]c4ccccc34)CC2)cc1. The lowest BCUT2D eigenvalue weighted by Crippen LogP contribution is -2.37. The van der Waals surface area contributed by atoms with E-state index in [9.17, 15) is 13.2 Å². The Hall–Kier alpha value is -2.64. The predicted molar refractivity (Wildman–Crippen MR) is 123 cm³/mol. The predicted octanol–water partition coefficient (Wildman–Crippen LogP) is 4.22. The molecule has 3 aromatic rings. The Balaban J connectivity index is 1.46. The average molecular weight is 440 g/mol. The molecule has 0 aliphatic carbocycles. The van der Waals surface area contributed by atoms with Crippen molar-refractivity contribution in [1.82, 2.24) is 14.2 Å². The largest absolute Gasteiger partial charge is 0.361 e. The van der Waals surface area contributed by atoms with Crippen LogP contribution in [-0.2, 0) is 10.0 Å². The second-order valence-electron chi connectivity index (χ2n) is 7.97. The van der Waals surface area contributed by atoms with Crippen molar-refractivity contribution in [2.75, 3.05) is 26.2 Å². The molecule has 7 heteroatoms. The molecule has 1 N–H and O–H groups in total. The van der Waals surface area contributed by atoms with Crippen molar-refractivity contribution in [2.45, 2.75) is 37.5 Å². The zero-order chi connectivity index (χ0) is 22.0. The number of benzene rings is 2. The molecule has 1 aliphatic heterocycles. The van der Waals surface area contributed by atoms with Crippen LogP contribution in [-0.4, -0.2) is 54.7 Å². The van der Waals surface area contributed by atoms with Gasteiger partial charge in [0.2, 0.25) is 10.0 Å².